The minimum atomic E-state index is -0.577. The average Bonchev–Trinajstić information content (AvgIpc) is 2.53. The van der Waals surface area contributed by atoms with Crippen LogP contribution in [0.3, 0.4) is 0 Å². The molecule has 0 radical (unpaired) electrons. The van der Waals surface area contributed by atoms with Gasteiger partial charge < -0.3 is 5.32 Å². The standard InChI is InChI=1S/C9H8F2N2/c10-7-3-6(4-8(11)5-7)9-12-1-2-13-9/h3-5H,1-2H2,(H,12,13). The minimum absolute atomic E-state index is 0.468. The normalized spacial score (nSPS) is 15.4. The van der Waals surface area contributed by atoms with E-state index >= 15 is 0 Å². The van der Waals surface area contributed by atoms with E-state index in [2.05, 4.69) is 10.3 Å². The highest BCUT2D eigenvalue weighted by atomic mass is 19.1. The third kappa shape index (κ3) is 1.66. The van der Waals surface area contributed by atoms with Gasteiger partial charge in [0.25, 0.3) is 0 Å². The molecule has 0 atom stereocenters. The number of benzene rings is 1. The van der Waals surface area contributed by atoms with E-state index in [4.69, 9.17) is 0 Å². The molecule has 13 heavy (non-hydrogen) atoms. The van der Waals surface area contributed by atoms with Gasteiger partial charge in [-0.3, -0.25) is 4.99 Å². The third-order valence-electron chi connectivity index (χ3n) is 1.81. The van der Waals surface area contributed by atoms with E-state index in [0.717, 1.165) is 12.6 Å². The molecule has 0 spiro atoms. The van der Waals surface area contributed by atoms with Gasteiger partial charge >= 0.3 is 0 Å². The molecule has 0 aromatic heterocycles. The van der Waals surface area contributed by atoms with Crippen LogP contribution >= 0.6 is 0 Å². The molecule has 1 heterocycles. The molecule has 1 aliphatic rings. The van der Waals surface area contributed by atoms with E-state index < -0.39 is 11.6 Å². The number of aliphatic imine (C=N–C) groups is 1. The van der Waals surface area contributed by atoms with Crippen LogP contribution in [0.15, 0.2) is 23.2 Å². The number of nitrogens with one attached hydrogen (secondary N) is 1. The number of nitrogens with zero attached hydrogens (tertiary/aromatic N) is 1. The lowest BCUT2D eigenvalue weighted by molar-refractivity contribution is 0.582. The van der Waals surface area contributed by atoms with Gasteiger partial charge in [0, 0.05) is 18.2 Å². The first kappa shape index (κ1) is 8.16. The fourth-order valence-corrected chi connectivity index (χ4v) is 1.28. The molecule has 0 fully saturated rings. The number of halogens is 2. The van der Waals surface area contributed by atoms with Crippen molar-refractivity contribution in [2.24, 2.45) is 4.99 Å². The molecule has 4 heteroatoms. The van der Waals surface area contributed by atoms with Crippen molar-refractivity contribution in [3.05, 3.63) is 35.4 Å². The Labute approximate surface area is 74.3 Å². The van der Waals surface area contributed by atoms with E-state index in [1.807, 2.05) is 0 Å². The number of amidine groups is 1. The van der Waals surface area contributed by atoms with Gasteiger partial charge in [-0.1, -0.05) is 0 Å². The minimum Gasteiger partial charge on any atom is -0.368 e. The highest BCUT2D eigenvalue weighted by Gasteiger charge is 2.09. The maximum atomic E-state index is 12.8. The maximum Gasteiger partial charge on any atom is 0.128 e. The van der Waals surface area contributed by atoms with Gasteiger partial charge in [-0.15, -0.1) is 0 Å². The molecule has 1 N–H and O–H groups in total. The fraction of sp³-hybridized carbons (Fsp3) is 0.222. The average molecular weight is 182 g/mol. The first-order valence-electron chi connectivity index (χ1n) is 4.00. The third-order valence-corrected chi connectivity index (χ3v) is 1.81. The lowest BCUT2D eigenvalue weighted by Crippen LogP contribution is -2.19. The largest absolute Gasteiger partial charge is 0.368 e. The molecule has 0 unspecified atom stereocenters. The summed E-state index contributed by atoms with van der Waals surface area (Å²) in [5.74, 6) is -0.587. The second-order valence-electron chi connectivity index (χ2n) is 2.82. The molecule has 2 rings (SSSR count). The second kappa shape index (κ2) is 3.12. The zero-order valence-electron chi connectivity index (χ0n) is 6.85. The number of rotatable bonds is 1. The van der Waals surface area contributed by atoms with Crippen molar-refractivity contribution in [3.63, 3.8) is 0 Å². The van der Waals surface area contributed by atoms with Crippen LogP contribution in [0.5, 0.6) is 0 Å². The molecule has 1 aromatic rings. The van der Waals surface area contributed by atoms with E-state index in [1.165, 1.54) is 12.1 Å². The summed E-state index contributed by atoms with van der Waals surface area (Å²) in [6.45, 7) is 1.39. The van der Waals surface area contributed by atoms with Crippen molar-refractivity contribution >= 4 is 5.84 Å². The van der Waals surface area contributed by atoms with Crippen molar-refractivity contribution in [1.29, 1.82) is 0 Å². The zero-order chi connectivity index (χ0) is 9.26. The Hall–Kier alpha value is -1.45. The van der Waals surface area contributed by atoms with Crippen LogP contribution in [0.4, 0.5) is 8.78 Å². The van der Waals surface area contributed by atoms with Crippen LogP contribution in [0.25, 0.3) is 0 Å². The Morgan fingerprint density at radius 1 is 1.15 bits per heavy atom. The van der Waals surface area contributed by atoms with E-state index in [-0.39, 0.29) is 0 Å². The highest BCUT2D eigenvalue weighted by Crippen LogP contribution is 2.09. The predicted octanol–water partition coefficient (Wildman–Crippen LogP) is 1.31. The summed E-state index contributed by atoms with van der Waals surface area (Å²) in [7, 11) is 0. The molecule has 0 aliphatic carbocycles. The quantitative estimate of drug-likeness (QED) is 0.695. The van der Waals surface area contributed by atoms with Crippen molar-refractivity contribution in [3.8, 4) is 0 Å². The van der Waals surface area contributed by atoms with E-state index in [1.54, 1.807) is 0 Å². The molecule has 2 nitrogen and oxygen atoms in total. The first-order chi connectivity index (χ1) is 6.25. The van der Waals surface area contributed by atoms with Gasteiger partial charge in [-0.05, 0) is 12.1 Å². The number of hydrogen-bond acceptors (Lipinski definition) is 2. The van der Waals surface area contributed by atoms with Crippen LogP contribution in [0.2, 0.25) is 0 Å². The summed E-state index contributed by atoms with van der Waals surface area (Å²) in [6, 6.07) is 3.37. The smallest absolute Gasteiger partial charge is 0.128 e. The summed E-state index contributed by atoms with van der Waals surface area (Å²) in [5.41, 5.74) is 0.468. The predicted molar refractivity (Wildman–Crippen MR) is 45.8 cm³/mol. The van der Waals surface area contributed by atoms with Gasteiger partial charge in [0.1, 0.15) is 17.5 Å². The van der Waals surface area contributed by atoms with Crippen LogP contribution in [0, 0.1) is 11.6 Å². The summed E-state index contributed by atoms with van der Waals surface area (Å²) in [6.07, 6.45) is 0. The first-order valence-corrected chi connectivity index (χ1v) is 4.00. The summed E-state index contributed by atoms with van der Waals surface area (Å²) >= 11 is 0. The molecular formula is C9H8F2N2. The Morgan fingerprint density at radius 2 is 1.85 bits per heavy atom. The van der Waals surface area contributed by atoms with Crippen molar-refractivity contribution in [2.45, 2.75) is 0 Å². The molecule has 1 aromatic carbocycles. The second-order valence-corrected chi connectivity index (χ2v) is 2.82. The van der Waals surface area contributed by atoms with Gasteiger partial charge in [-0.2, -0.15) is 0 Å². The molecule has 1 aliphatic heterocycles. The SMILES string of the molecule is Fc1cc(F)cc(C2=NCCN2)c1. The fourth-order valence-electron chi connectivity index (χ4n) is 1.28. The van der Waals surface area contributed by atoms with Crippen LogP contribution < -0.4 is 5.32 Å². The van der Waals surface area contributed by atoms with Gasteiger partial charge in [-0.25, -0.2) is 8.78 Å². The van der Waals surface area contributed by atoms with Crippen LogP contribution in [-0.2, 0) is 0 Å². The van der Waals surface area contributed by atoms with E-state index in [0.29, 0.717) is 17.9 Å². The Morgan fingerprint density at radius 3 is 2.38 bits per heavy atom. The summed E-state index contributed by atoms with van der Waals surface area (Å²) in [4.78, 5) is 4.06. The van der Waals surface area contributed by atoms with Crippen LogP contribution in [-0.4, -0.2) is 18.9 Å². The highest BCUT2D eigenvalue weighted by molar-refractivity contribution is 5.99. The van der Waals surface area contributed by atoms with Gasteiger partial charge in [0.05, 0.1) is 6.54 Å². The monoisotopic (exact) mass is 182 g/mol. The molecule has 68 valence electrons. The Balaban J connectivity index is 2.39. The Kier molecular flexibility index (Phi) is 1.96. The lowest BCUT2D eigenvalue weighted by Gasteiger charge is -2.02. The number of hydrogen-bond donors (Lipinski definition) is 1. The summed E-state index contributed by atoms with van der Waals surface area (Å²) in [5, 5.41) is 2.94. The van der Waals surface area contributed by atoms with Crippen molar-refractivity contribution in [1.82, 2.24) is 5.32 Å². The molecule has 0 saturated carbocycles. The zero-order valence-corrected chi connectivity index (χ0v) is 6.85. The van der Waals surface area contributed by atoms with Gasteiger partial charge in [0.15, 0.2) is 0 Å². The van der Waals surface area contributed by atoms with Crippen LogP contribution in [0.1, 0.15) is 5.56 Å². The Bertz CT molecular complexity index is 340. The topological polar surface area (TPSA) is 24.4 Å². The molecule has 0 bridgehead atoms. The van der Waals surface area contributed by atoms with E-state index in [9.17, 15) is 8.78 Å². The maximum absolute atomic E-state index is 12.8. The molecule has 0 amide bonds. The van der Waals surface area contributed by atoms with Crippen molar-refractivity contribution < 1.29 is 8.78 Å². The lowest BCUT2D eigenvalue weighted by atomic mass is 10.2. The van der Waals surface area contributed by atoms with Gasteiger partial charge in [0.2, 0.25) is 0 Å². The van der Waals surface area contributed by atoms with Crippen molar-refractivity contribution in [2.75, 3.05) is 13.1 Å². The summed E-state index contributed by atoms with van der Waals surface area (Å²) < 4.78 is 25.5. The molecule has 0 saturated heterocycles. The molecular weight excluding hydrogens is 174 g/mol.